The first kappa shape index (κ1) is 20.6. The van der Waals surface area contributed by atoms with Crippen molar-refractivity contribution in [3.05, 3.63) is 64.1 Å². The zero-order valence-corrected chi connectivity index (χ0v) is 17.3. The number of halogens is 2. The second kappa shape index (κ2) is 9.89. The third kappa shape index (κ3) is 5.94. The molecule has 0 unspecified atom stereocenters. The van der Waals surface area contributed by atoms with Crippen molar-refractivity contribution in [2.75, 3.05) is 36.5 Å². The molecule has 2 aromatic carbocycles. The maximum atomic E-state index is 12.1. The van der Waals surface area contributed by atoms with Crippen LogP contribution in [0.25, 0.3) is 6.08 Å². The van der Waals surface area contributed by atoms with Crippen LogP contribution in [-0.4, -0.2) is 37.3 Å². The molecular formula is C20H19Cl2N3O2S. The Bertz CT molecular complexity index is 882. The van der Waals surface area contributed by atoms with E-state index in [1.807, 2.05) is 24.3 Å². The van der Waals surface area contributed by atoms with Gasteiger partial charge < -0.3 is 15.0 Å². The van der Waals surface area contributed by atoms with Crippen molar-refractivity contribution >= 4 is 63.9 Å². The minimum absolute atomic E-state index is 0.197. The average molecular weight is 436 g/mol. The third-order valence-electron chi connectivity index (χ3n) is 4.09. The normalized spacial score (nSPS) is 14.1. The molecule has 0 radical (unpaired) electrons. The zero-order chi connectivity index (χ0) is 19.9. The van der Waals surface area contributed by atoms with Crippen LogP contribution in [0.1, 0.15) is 5.56 Å². The highest BCUT2D eigenvalue weighted by molar-refractivity contribution is 7.80. The number of morpholine rings is 1. The predicted molar refractivity (Wildman–Crippen MR) is 119 cm³/mol. The van der Waals surface area contributed by atoms with Crippen LogP contribution in [0.2, 0.25) is 10.0 Å². The molecule has 0 spiro atoms. The van der Waals surface area contributed by atoms with Crippen molar-refractivity contribution in [2.24, 2.45) is 0 Å². The number of carbonyl (C=O) groups excluding carboxylic acids is 1. The number of ether oxygens (including phenoxy) is 1. The Morgan fingerprint density at radius 2 is 1.75 bits per heavy atom. The highest BCUT2D eigenvalue weighted by Gasteiger charge is 2.16. The number of rotatable bonds is 4. The minimum atomic E-state index is -0.331. The van der Waals surface area contributed by atoms with Gasteiger partial charge in [0, 0.05) is 29.2 Å². The summed E-state index contributed by atoms with van der Waals surface area (Å²) in [4.78, 5) is 14.3. The molecular weight excluding hydrogens is 417 g/mol. The summed E-state index contributed by atoms with van der Waals surface area (Å²) in [5, 5.41) is 7.13. The predicted octanol–water partition coefficient (Wildman–Crippen LogP) is 4.36. The Morgan fingerprint density at radius 1 is 1.07 bits per heavy atom. The fourth-order valence-electron chi connectivity index (χ4n) is 2.74. The Balaban J connectivity index is 1.63. The molecule has 0 atom stereocenters. The van der Waals surface area contributed by atoms with E-state index in [0.29, 0.717) is 23.3 Å². The van der Waals surface area contributed by atoms with E-state index in [0.717, 1.165) is 30.0 Å². The fraction of sp³-hybridized carbons (Fsp3) is 0.200. The number of carbonyl (C=O) groups is 1. The molecule has 1 amide bonds. The summed E-state index contributed by atoms with van der Waals surface area (Å²) in [6.45, 7) is 2.88. The lowest BCUT2D eigenvalue weighted by molar-refractivity contribution is -0.115. The van der Waals surface area contributed by atoms with Crippen molar-refractivity contribution in [2.45, 2.75) is 0 Å². The van der Waals surface area contributed by atoms with Gasteiger partial charge in [-0.25, -0.2) is 0 Å². The lowest BCUT2D eigenvalue weighted by atomic mass is 10.2. The maximum absolute atomic E-state index is 12.1. The zero-order valence-electron chi connectivity index (χ0n) is 15.0. The number of benzene rings is 2. The SMILES string of the molecule is O=C(C=Cc1ccc(Cl)cc1)NC(=S)Nc1cc(Cl)ccc1N1CCOCC1. The van der Waals surface area contributed by atoms with Crippen LogP contribution in [0.15, 0.2) is 48.5 Å². The van der Waals surface area contributed by atoms with Gasteiger partial charge in [0.2, 0.25) is 5.91 Å². The van der Waals surface area contributed by atoms with Crippen molar-refractivity contribution in [3.8, 4) is 0 Å². The van der Waals surface area contributed by atoms with Gasteiger partial charge in [0.05, 0.1) is 24.6 Å². The van der Waals surface area contributed by atoms with Crippen LogP contribution >= 0.6 is 35.4 Å². The molecule has 5 nitrogen and oxygen atoms in total. The van der Waals surface area contributed by atoms with Crippen LogP contribution in [0.4, 0.5) is 11.4 Å². The summed E-state index contributed by atoms with van der Waals surface area (Å²) in [6, 6.07) is 12.7. The van der Waals surface area contributed by atoms with Gasteiger partial charge in [-0.2, -0.15) is 0 Å². The molecule has 1 saturated heterocycles. The molecule has 2 aromatic rings. The Hall–Kier alpha value is -2.12. The number of anilines is 2. The van der Waals surface area contributed by atoms with Crippen molar-refractivity contribution in [1.29, 1.82) is 0 Å². The van der Waals surface area contributed by atoms with Gasteiger partial charge in [0.1, 0.15) is 0 Å². The van der Waals surface area contributed by atoms with E-state index in [1.54, 1.807) is 24.3 Å². The first-order valence-electron chi connectivity index (χ1n) is 8.69. The molecule has 0 aliphatic carbocycles. The molecule has 0 bridgehead atoms. The summed E-state index contributed by atoms with van der Waals surface area (Å²) >= 11 is 17.3. The Kier molecular flexibility index (Phi) is 7.28. The maximum Gasteiger partial charge on any atom is 0.250 e. The monoisotopic (exact) mass is 435 g/mol. The standard InChI is InChI=1S/C20H19Cl2N3O2S/c21-15-4-1-14(2-5-15)3-8-19(26)24-20(28)23-17-13-16(22)6-7-18(17)25-9-11-27-12-10-25/h1-8,13H,9-12H2,(H2,23,24,26,28). The topological polar surface area (TPSA) is 53.6 Å². The van der Waals surface area contributed by atoms with E-state index in [-0.39, 0.29) is 11.0 Å². The fourth-order valence-corrected chi connectivity index (χ4v) is 3.25. The van der Waals surface area contributed by atoms with Gasteiger partial charge in [-0.15, -0.1) is 0 Å². The second-order valence-electron chi connectivity index (χ2n) is 6.09. The van der Waals surface area contributed by atoms with Gasteiger partial charge in [-0.1, -0.05) is 35.3 Å². The van der Waals surface area contributed by atoms with E-state index in [9.17, 15) is 4.79 Å². The van der Waals surface area contributed by atoms with Crippen LogP contribution in [0, 0.1) is 0 Å². The number of hydrogen-bond donors (Lipinski definition) is 2. The number of amides is 1. The quantitative estimate of drug-likeness (QED) is 0.551. The molecule has 1 fully saturated rings. The molecule has 8 heteroatoms. The van der Waals surface area contributed by atoms with Gasteiger partial charge in [-0.3, -0.25) is 10.1 Å². The molecule has 1 aliphatic rings. The van der Waals surface area contributed by atoms with Crippen LogP contribution in [-0.2, 0) is 9.53 Å². The van der Waals surface area contributed by atoms with Crippen molar-refractivity contribution < 1.29 is 9.53 Å². The Morgan fingerprint density at radius 3 is 2.46 bits per heavy atom. The highest BCUT2D eigenvalue weighted by Crippen LogP contribution is 2.29. The highest BCUT2D eigenvalue weighted by atomic mass is 35.5. The molecule has 146 valence electrons. The van der Waals surface area contributed by atoms with Crippen LogP contribution in [0.5, 0.6) is 0 Å². The average Bonchev–Trinajstić information content (AvgIpc) is 2.68. The van der Waals surface area contributed by atoms with Crippen molar-refractivity contribution in [3.63, 3.8) is 0 Å². The van der Waals surface area contributed by atoms with Gasteiger partial charge in [0.15, 0.2) is 5.11 Å². The number of nitrogens with zero attached hydrogens (tertiary/aromatic N) is 1. The first-order chi connectivity index (χ1) is 13.5. The lowest BCUT2D eigenvalue weighted by Gasteiger charge is -2.30. The molecule has 0 aromatic heterocycles. The van der Waals surface area contributed by atoms with Gasteiger partial charge >= 0.3 is 0 Å². The van der Waals surface area contributed by atoms with E-state index in [2.05, 4.69) is 15.5 Å². The largest absolute Gasteiger partial charge is 0.378 e. The van der Waals surface area contributed by atoms with Gasteiger partial charge in [0.25, 0.3) is 0 Å². The molecule has 0 saturated carbocycles. The minimum Gasteiger partial charge on any atom is -0.378 e. The van der Waals surface area contributed by atoms with E-state index >= 15 is 0 Å². The smallest absolute Gasteiger partial charge is 0.250 e. The van der Waals surface area contributed by atoms with E-state index < -0.39 is 0 Å². The van der Waals surface area contributed by atoms with Crippen LogP contribution < -0.4 is 15.5 Å². The summed E-state index contributed by atoms with van der Waals surface area (Å²) in [5.74, 6) is -0.331. The summed E-state index contributed by atoms with van der Waals surface area (Å²) in [5.41, 5.74) is 2.56. The molecule has 1 heterocycles. The number of nitrogens with one attached hydrogen (secondary N) is 2. The first-order valence-corrected chi connectivity index (χ1v) is 9.85. The van der Waals surface area contributed by atoms with E-state index in [1.165, 1.54) is 6.08 Å². The van der Waals surface area contributed by atoms with Crippen LogP contribution in [0.3, 0.4) is 0 Å². The third-order valence-corrected chi connectivity index (χ3v) is 4.78. The Labute approximate surface area is 179 Å². The number of hydrogen-bond acceptors (Lipinski definition) is 4. The van der Waals surface area contributed by atoms with E-state index in [4.69, 9.17) is 40.2 Å². The second-order valence-corrected chi connectivity index (χ2v) is 7.37. The number of thiocarbonyl (C=S) groups is 1. The molecule has 1 aliphatic heterocycles. The van der Waals surface area contributed by atoms with Crippen molar-refractivity contribution in [1.82, 2.24) is 5.32 Å². The lowest BCUT2D eigenvalue weighted by Crippen LogP contribution is -2.37. The summed E-state index contributed by atoms with van der Waals surface area (Å²) in [6.07, 6.45) is 3.10. The molecule has 28 heavy (non-hydrogen) atoms. The molecule has 3 rings (SSSR count). The summed E-state index contributed by atoms with van der Waals surface area (Å²) < 4.78 is 5.40. The van der Waals surface area contributed by atoms with Gasteiger partial charge in [-0.05, 0) is 54.2 Å². The molecule has 2 N–H and O–H groups in total. The summed E-state index contributed by atoms with van der Waals surface area (Å²) in [7, 11) is 0.